The molecule has 0 fully saturated rings. The van der Waals surface area contributed by atoms with Gasteiger partial charge in [0.1, 0.15) is 0 Å². The van der Waals surface area contributed by atoms with Crippen molar-refractivity contribution in [1.29, 1.82) is 0 Å². The lowest BCUT2D eigenvalue weighted by atomic mass is 11.5. The van der Waals surface area contributed by atoms with Gasteiger partial charge in [-0.2, -0.15) is 0 Å². The van der Waals surface area contributed by atoms with Crippen LogP contribution >= 0.6 is 0 Å². The normalized spacial score (nSPS) is 13.6. The lowest BCUT2D eigenvalue weighted by molar-refractivity contribution is 0.218. The quantitative estimate of drug-likeness (QED) is 0.620. The smallest absolute Gasteiger partial charge is 0.0745 e. The zero-order valence-electron chi connectivity index (χ0n) is 8.82. The zero-order valence-corrected chi connectivity index (χ0v) is 10.8. The summed E-state index contributed by atoms with van der Waals surface area (Å²) in [4.78, 5) is 0. The molecule has 0 atom stereocenters. The van der Waals surface area contributed by atoms with Crippen LogP contribution in [0.5, 0.6) is 0 Å². The largest absolute Gasteiger partial charge is 0.388 e. The summed E-state index contributed by atoms with van der Waals surface area (Å²) >= 11 is 0. The van der Waals surface area contributed by atoms with Gasteiger partial charge in [0.2, 0.25) is 0 Å². The van der Waals surface area contributed by atoms with E-state index in [2.05, 4.69) is 39.3 Å². The zero-order chi connectivity index (χ0) is 9.12. The van der Waals surface area contributed by atoms with Crippen molar-refractivity contribution in [2.24, 2.45) is 0 Å². The molecule has 0 rings (SSSR count). The van der Waals surface area contributed by atoms with E-state index in [1.807, 2.05) is 0 Å². The molecule has 0 saturated carbocycles. The van der Waals surface area contributed by atoms with Crippen molar-refractivity contribution in [1.82, 2.24) is 0 Å². The third-order valence-corrected chi connectivity index (χ3v) is 3.21. The van der Waals surface area contributed by atoms with Crippen molar-refractivity contribution in [3.05, 3.63) is 0 Å². The molecule has 0 unspecified atom stereocenters. The van der Waals surface area contributed by atoms with Crippen molar-refractivity contribution in [2.45, 2.75) is 39.3 Å². The molecule has 0 spiro atoms. The van der Waals surface area contributed by atoms with Crippen LogP contribution in [0.3, 0.4) is 0 Å². The van der Waals surface area contributed by atoms with Gasteiger partial charge in [0.15, 0.2) is 0 Å². The molecule has 0 aromatic carbocycles. The van der Waals surface area contributed by atoms with Crippen LogP contribution in [0, 0.1) is 0 Å². The molecule has 68 valence electrons. The predicted octanol–water partition coefficient (Wildman–Crippen LogP) is 2.76. The highest BCUT2D eigenvalue weighted by atomic mass is 28.3. The Morgan fingerprint density at radius 2 is 1.00 bits per heavy atom. The van der Waals surface area contributed by atoms with E-state index in [9.17, 15) is 0 Å². The summed E-state index contributed by atoms with van der Waals surface area (Å²) in [5.74, 6) is 0. The van der Waals surface area contributed by atoms with E-state index in [-0.39, 0.29) is 0 Å². The van der Waals surface area contributed by atoms with Gasteiger partial charge in [-0.15, -0.1) is 0 Å². The molecule has 0 radical (unpaired) electrons. The third kappa shape index (κ3) is 10.4. The van der Waals surface area contributed by atoms with Crippen LogP contribution in [-0.2, 0) is 4.74 Å². The first-order valence-corrected chi connectivity index (χ1v) is 11.7. The number of ether oxygens (including phenoxy) is 1. The highest BCUT2D eigenvalue weighted by molar-refractivity contribution is 6.77. The van der Waals surface area contributed by atoms with Crippen LogP contribution < -0.4 is 0 Å². The molecule has 11 heavy (non-hydrogen) atoms. The molecule has 1 nitrogen and oxygen atoms in total. The Morgan fingerprint density at radius 3 is 1.18 bits per heavy atom. The molecule has 0 bridgehead atoms. The summed E-state index contributed by atoms with van der Waals surface area (Å²) in [5.41, 5.74) is 0. The Labute approximate surface area is 73.2 Å². The summed E-state index contributed by atoms with van der Waals surface area (Å²) < 4.78 is 5.69. The average molecular weight is 190 g/mol. The van der Waals surface area contributed by atoms with Crippen molar-refractivity contribution in [2.75, 3.05) is 12.5 Å². The topological polar surface area (TPSA) is 9.23 Å². The van der Waals surface area contributed by atoms with E-state index in [1.54, 1.807) is 0 Å². The molecule has 0 saturated heterocycles. The third-order valence-electron chi connectivity index (χ3n) is 1.07. The molecular formula is C8H22OSi2. The first-order chi connectivity index (χ1) is 4.71. The van der Waals surface area contributed by atoms with Gasteiger partial charge in [-0.1, -0.05) is 39.3 Å². The molecule has 0 aliphatic heterocycles. The number of hydrogen-bond acceptors (Lipinski definition) is 1. The lowest BCUT2D eigenvalue weighted by Gasteiger charge is -2.20. The lowest BCUT2D eigenvalue weighted by Crippen LogP contribution is -2.34. The van der Waals surface area contributed by atoms with Crippen molar-refractivity contribution < 1.29 is 4.74 Å². The summed E-state index contributed by atoms with van der Waals surface area (Å²) in [6.07, 6.45) is 2.05. The van der Waals surface area contributed by atoms with Crippen molar-refractivity contribution >= 4 is 16.1 Å². The molecule has 0 heterocycles. The van der Waals surface area contributed by atoms with Gasteiger partial charge in [-0.05, 0) is 0 Å². The molecule has 0 aromatic rings. The average Bonchev–Trinajstić information content (AvgIpc) is 1.55. The van der Waals surface area contributed by atoms with Gasteiger partial charge in [0, 0.05) is 12.5 Å². The van der Waals surface area contributed by atoms with E-state index >= 15 is 0 Å². The summed E-state index contributed by atoms with van der Waals surface area (Å²) in [7, 11) is -1.91. The minimum absolute atomic E-state index is 0.957. The Hall–Kier alpha value is 0.394. The monoisotopic (exact) mass is 190 g/mol. The van der Waals surface area contributed by atoms with Gasteiger partial charge in [0.05, 0.1) is 16.1 Å². The molecule has 0 aliphatic carbocycles. The fourth-order valence-electron chi connectivity index (χ4n) is 0.663. The van der Waals surface area contributed by atoms with Gasteiger partial charge in [-0.3, -0.25) is 0 Å². The molecule has 0 aliphatic rings. The number of rotatable bonds is 4. The maximum absolute atomic E-state index is 5.69. The fourth-order valence-corrected chi connectivity index (χ4v) is 2.30. The van der Waals surface area contributed by atoms with E-state index in [1.165, 1.54) is 0 Å². The van der Waals surface area contributed by atoms with E-state index in [0.29, 0.717) is 0 Å². The Kier molecular flexibility index (Phi) is 4.01. The first kappa shape index (κ1) is 11.4. The highest BCUT2D eigenvalue weighted by Crippen LogP contribution is 2.05. The van der Waals surface area contributed by atoms with Gasteiger partial charge in [0.25, 0.3) is 0 Å². The standard InChI is InChI=1S/C8H22OSi2/c1-10(2,3)7-9-8-11(4,5)6/h7-8H2,1-6H3. The maximum Gasteiger partial charge on any atom is 0.0745 e. The van der Waals surface area contributed by atoms with Crippen LogP contribution in [0.1, 0.15) is 0 Å². The summed E-state index contributed by atoms with van der Waals surface area (Å²) in [5, 5.41) is 0. The van der Waals surface area contributed by atoms with E-state index in [4.69, 9.17) is 4.74 Å². The summed E-state index contributed by atoms with van der Waals surface area (Å²) in [6, 6.07) is 0. The first-order valence-electron chi connectivity index (χ1n) is 4.28. The Morgan fingerprint density at radius 1 is 0.727 bits per heavy atom. The second kappa shape index (κ2) is 3.87. The minimum Gasteiger partial charge on any atom is -0.388 e. The van der Waals surface area contributed by atoms with Gasteiger partial charge >= 0.3 is 0 Å². The Balaban J connectivity index is 3.44. The fraction of sp³-hybridized carbons (Fsp3) is 1.00. The summed E-state index contributed by atoms with van der Waals surface area (Å²) in [6.45, 7) is 14.1. The predicted molar refractivity (Wildman–Crippen MR) is 57.5 cm³/mol. The maximum atomic E-state index is 5.69. The van der Waals surface area contributed by atoms with Crippen LogP contribution in [-0.4, -0.2) is 28.6 Å². The molecule has 3 heteroatoms. The minimum atomic E-state index is -0.957. The second-order valence-corrected chi connectivity index (χ2v) is 16.4. The van der Waals surface area contributed by atoms with E-state index in [0.717, 1.165) is 12.5 Å². The SMILES string of the molecule is C[Si](C)(C)COC[Si](C)(C)C. The van der Waals surface area contributed by atoms with Crippen LogP contribution in [0.4, 0.5) is 0 Å². The van der Waals surface area contributed by atoms with E-state index < -0.39 is 16.1 Å². The number of hydrogen-bond donors (Lipinski definition) is 0. The molecule has 0 aromatic heterocycles. The second-order valence-electron chi connectivity index (χ2n) is 5.61. The van der Waals surface area contributed by atoms with Crippen LogP contribution in [0.15, 0.2) is 0 Å². The molecule has 0 N–H and O–H groups in total. The van der Waals surface area contributed by atoms with Crippen LogP contribution in [0.25, 0.3) is 0 Å². The molecule has 0 amide bonds. The Bertz CT molecular complexity index is 96.2. The van der Waals surface area contributed by atoms with Gasteiger partial charge in [-0.25, -0.2) is 0 Å². The highest BCUT2D eigenvalue weighted by Gasteiger charge is 2.17. The molecular weight excluding hydrogens is 168 g/mol. The van der Waals surface area contributed by atoms with Crippen molar-refractivity contribution in [3.63, 3.8) is 0 Å². The van der Waals surface area contributed by atoms with Gasteiger partial charge < -0.3 is 4.74 Å². The van der Waals surface area contributed by atoms with Crippen molar-refractivity contribution in [3.8, 4) is 0 Å². The van der Waals surface area contributed by atoms with Crippen LogP contribution in [0.2, 0.25) is 39.3 Å².